The molecule has 2 heteroatoms. The van der Waals surface area contributed by atoms with Gasteiger partial charge in [-0.3, -0.25) is 0 Å². The molecule has 0 aromatic heterocycles. The van der Waals surface area contributed by atoms with E-state index in [0.717, 1.165) is 29.1 Å². The Labute approximate surface area is 225 Å². The van der Waals surface area contributed by atoms with E-state index in [0.29, 0.717) is 0 Å². The van der Waals surface area contributed by atoms with Crippen molar-refractivity contribution in [3.8, 4) is 11.1 Å². The van der Waals surface area contributed by atoms with Crippen LogP contribution in [0.25, 0.3) is 11.1 Å². The summed E-state index contributed by atoms with van der Waals surface area (Å²) in [5.74, 6) is 0.245. The summed E-state index contributed by atoms with van der Waals surface area (Å²) in [5.41, 5.74) is 7.96. The Morgan fingerprint density at radius 2 is 1.59 bits per heavy atom. The molecule has 0 spiro atoms. The second-order valence-electron chi connectivity index (χ2n) is 11.3. The zero-order valence-corrected chi connectivity index (χ0v) is 23.8. The maximum atomic E-state index is 4.33. The molecule has 0 saturated heterocycles. The quantitative estimate of drug-likeness (QED) is 0.224. The van der Waals surface area contributed by atoms with Gasteiger partial charge in [0.1, 0.15) is 0 Å². The number of benzene rings is 3. The number of para-hydroxylation sites is 3. The largest absolute Gasteiger partial charge is 0.367 e. The standard InChI is InChI=1S/C35H44N2/c1-10-18-26(3)25-35(8,27(4)11-2)37(9)32-24-16-15-23-31(32)36-33-29(28-19-13-12-14-20-28)21-17-22-30(33)34(5,6)7/h10-24,27,36H,2-3,25H2,1,4-9H3/b18-10-. The summed E-state index contributed by atoms with van der Waals surface area (Å²) in [5, 5.41) is 3.90. The number of hydrogen-bond donors (Lipinski definition) is 1. The molecule has 0 heterocycles. The van der Waals surface area contributed by atoms with Crippen LogP contribution in [0.5, 0.6) is 0 Å². The Balaban J connectivity index is 2.16. The van der Waals surface area contributed by atoms with Crippen LogP contribution in [0, 0.1) is 5.92 Å². The van der Waals surface area contributed by atoms with Gasteiger partial charge in [-0.25, -0.2) is 0 Å². The van der Waals surface area contributed by atoms with E-state index in [-0.39, 0.29) is 16.9 Å². The highest BCUT2D eigenvalue weighted by molar-refractivity contribution is 5.87. The molecule has 3 rings (SSSR count). The van der Waals surface area contributed by atoms with E-state index in [1.807, 2.05) is 6.92 Å². The van der Waals surface area contributed by atoms with Gasteiger partial charge in [-0.15, -0.1) is 6.58 Å². The van der Waals surface area contributed by atoms with Crippen molar-refractivity contribution in [1.29, 1.82) is 0 Å². The molecule has 0 radical (unpaired) electrons. The highest BCUT2D eigenvalue weighted by Crippen LogP contribution is 2.43. The summed E-state index contributed by atoms with van der Waals surface area (Å²) < 4.78 is 0. The van der Waals surface area contributed by atoms with E-state index in [1.54, 1.807) is 0 Å². The minimum atomic E-state index is -0.206. The topological polar surface area (TPSA) is 15.3 Å². The average Bonchev–Trinajstić information content (AvgIpc) is 2.88. The Morgan fingerprint density at radius 1 is 0.946 bits per heavy atom. The maximum absolute atomic E-state index is 4.33. The molecule has 0 aliphatic carbocycles. The van der Waals surface area contributed by atoms with E-state index in [4.69, 9.17) is 0 Å². The lowest BCUT2D eigenvalue weighted by atomic mass is 9.79. The molecule has 2 unspecified atom stereocenters. The Bertz CT molecular complexity index is 1250. The lowest BCUT2D eigenvalue weighted by Gasteiger charge is -2.45. The van der Waals surface area contributed by atoms with Crippen molar-refractivity contribution in [3.05, 3.63) is 115 Å². The van der Waals surface area contributed by atoms with Crippen molar-refractivity contribution in [2.24, 2.45) is 5.92 Å². The summed E-state index contributed by atoms with van der Waals surface area (Å²) in [4.78, 5) is 2.40. The third-order valence-corrected chi connectivity index (χ3v) is 7.57. The van der Waals surface area contributed by atoms with Crippen molar-refractivity contribution in [2.75, 3.05) is 17.3 Å². The van der Waals surface area contributed by atoms with Gasteiger partial charge in [0.25, 0.3) is 0 Å². The molecule has 194 valence electrons. The fraction of sp³-hybridized carbons (Fsp3) is 0.314. The number of hydrogen-bond acceptors (Lipinski definition) is 2. The SMILES string of the molecule is C=CC(C)C(C)(CC(=C)/C=C\C)N(C)c1ccccc1Nc1c(-c2ccccc2)cccc1C(C)(C)C. The monoisotopic (exact) mass is 492 g/mol. The van der Waals surface area contributed by atoms with Crippen LogP contribution >= 0.6 is 0 Å². The third-order valence-electron chi connectivity index (χ3n) is 7.57. The first-order valence-electron chi connectivity index (χ1n) is 13.2. The van der Waals surface area contributed by atoms with Gasteiger partial charge in [0.2, 0.25) is 0 Å². The van der Waals surface area contributed by atoms with Crippen LogP contribution in [-0.4, -0.2) is 12.6 Å². The summed E-state index contributed by atoms with van der Waals surface area (Å²) in [7, 11) is 2.19. The number of rotatable bonds is 10. The van der Waals surface area contributed by atoms with Crippen LogP contribution in [0.4, 0.5) is 17.1 Å². The van der Waals surface area contributed by atoms with E-state index < -0.39 is 0 Å². The smallest absolute Gasteiger partial charge is 0.0622 e. The minimum Gasteiger partial charge on any atom is -0.367 e. The van der Waals surface area contributed by atoms with E-state index in [9.17, 15) is 0 Å². The molecule has 0 aliphatic heterocycles. The predicted molar refractivity (Wildman–Crippen MR) is 165 cm³/mol. The fourth-order valence-corrected chi connectivity index (χ4v) is 5.05. The van der Waals surface area contributed by atoms with Crippen LogP contribution in [0.3, 0.4) is 0 Å². The number of anilines is 3. The first-order valence-corrected chi connectivity index (χ1v) is 13.2. The normalized spacial score (nSPS) is 14.1. The van der Waals surface area contributed by atoms with Crippen molar-refractivity contribution < 1.29 is 0 Å². The van der Waals surface area contributed by atoms with Crippen LogP contribution in [0.1, 0.15) is 53.5 Å². The third kappa shape index (κ3) is 6.25. The molecule has 37 heavy (non-hydrogen) atoms. The van der Waals surface area contributed by atoms with Gasteiger partial charge in [-0.1, -0.05) is 119 Å². The zero-order valence-electron chi connectivity index (χ0n) is 23.8. The van der Waals surface area contributed by atoms with Gasteiger partial charge in [-0.2, -0.15) is 0 Å². The molecule has 3 aromatic carbocycles. The Hall–Kier alpha value is -3.52. The Kier molecular flexibility index (Phi) is 8.86. The van der Waals surface area contributed by atoms with Crippen LogP contribution in [0.2, 0.25) is 0 Å². The first-order chi connectivity index (χ1) is 17.5. The van der Waals surface area contributed by atoms with Crippen molar-refractivity contribution in [2.45, 2.75) is 58.9 Å². The number of nitrogens with one attached hydrogen (secondary N) is 1. The first kappa shape index (κ1) is 28.1. The highest BCUT2D eigenvalue weighted by Gasteiger charge is 2.35. The van der Waals surface area contributed by atoms with Gasteiger partial charge in [0, 0.05) is 18.2 Å². The fourth-order valence-electron chi connectivity index (χ4n) is 5.05. The van der Waals surface area contributed by atoms with Crippen LogP contribution in [0.15, 0.2) is 110 Å². The van der Waals surface area contributed by atoms with Gasteiger partial charge in [0.15, 0.2) is 0 Å². The van der Waals surface area contributed by atoms with E-state index in [1.165, 1.54) is 16.7 Å². The number of allylic oxidation sites excluding steroid dienone is 2. The van der Waals surface area contributed by atoms with Crippen molar-refractivity contribution in [3.63, 3.8) is 0 Å². The molecule has 3 aromatic rings. The lowest BCUT2D eigenvalue weighted by molar-refractivity contribution is 0.353. The highest BCUT2D eigenvalue weighted by atomic mass is 15.2. The second-order valence-corrected chi connectivity index (χ2v) is 11.3. The van der Waals surface area contributed by atoms with Crippen LogP contribution in [-0.2, 0) is 5.41 Å². The molecular weight excluding hydrogens is 448 g/mol. The van der Waals surface area contributed by atoms with Gasteiger partial charge in [-0.05, 0) is 54.9 Å². The number of nitrogens with zero attached hydrogens (tertiary/aromatic N) is 1. The maximum Gasteiger partial charge on any atom is 0.0622 e. The molecule has 0 amide bonds. The molecule has 2 nitrogen and oxygen atoms in total. The average molecular weight is 493 g/mol. The summed E-state index contributed by atoms with van der Waals surface area (Å²) in [6, 6.07) is 25.9. The van der Waals surface area contributed by atoms with Crippen LogP contribution < -0.4 is 10.2 Å². The van der Waals surface area contributed by atoms with Gasteiger partial charge < -0.3 is 10.2 Å². The molecule has 1 N–H and O–H groups in total. The van der Waals surface area contributed by atoms with Crippen molar-refractivity contribution >= 4 is 17.1 Å². The van der Waals surface area contributed by atoms with Crippen molar-refractivity contribution in [1.82, 2.24) is 0 Å². The molecule has 0 bridgehead atoms. The van der Waals surface area contributed by atoms with E-state index >= 15 is 0 Å². The minimum absolute atomic E-state index is 0.0237. The summed E-state index contributed by atoms with van der Waals surface area (Å²) >= 11 is 0. The summed E-state index contributed by atoms with van der Waals surface area (Å²) in [6.45, 7) is 21.9. The zero-order chi connectivity index (χ0) is 27.2. The molecular formula is C35H44N2. The van der Waals surface area contributed by atoms with Gasteiger partial charge >= 0.3 is 0 Å². The lowest BCUT2D eigenvalue weighted by Crippen LogP contribution is -2.49. The molecule has 2 atom stereocenters. The predicted octanol–water partition coefficient (Wildman–Crippen LogP) is 9.93. The molecule has 0 fully saturated rings. The van der Waals surface area contributed by atoms with E-state index in [2.05, 4.69) is 156 Å². The van der Waals surface area contributed by atoms with Gasteiger partial charge in [0.05, 0.1) is 17.1 Å². The molecule has 0 saturated carbocycles. The summed E-state index contributed by atoms with van der Waals surface area (Å²) in [6.07, 6.45) is 7.06. The Morgan fingerprint density at radius 3 is 2.22 bits per heavy atom. The molecule has 0 aliphatic rings. The second kappa shape index (κ2) is 11.7.